The summed E-state index contributed by atoms with van der Waals surface area (Å²) in [7, 11) is 0. The van der Waals surface area contributed by atoms with Gasteiger partial charge in [0.05, 0.1) is 5.69 Å². The normalized spacial score (nSPS) is 21.5. The number of carbonyl (C=O) groups excluding carboxylic acids is 3. The highest BCUT2D eigenvalue weighted by atomic mass is 32.2. The summed E-state index contributed by atoms with van der Waals surface area (Å²) in [5.74, 6) is 0.154. The predicted octanol–water partition coefficient (Wildman–Crippen LogP) is 2.98. The van der Waals surface area contributed by atoms with Gasteiger partial charge < -0.3 is 10.2 Å². The Morgan fingerprint density at radius 3 is 2.57 bits per heavy atom. The summed E-state index contributed by atoms with van der Waals surface area (Å²) >= 11 is 1.70. The molecule has 2 aromatic carbocycles. The molecule has 0 aromatic heterocycles. The molecule has 0 spiro atoms. The number of para-hydroxylation sites is 1. The Kier molecular flexibility index (Phi) is 4.85. The average molecular weight is 395 g/mol. The monoisotopic (exact) mass is 395 g/mol. The SMILES string of the molecule is CC[C@]1(c2ccccc2)NC(=O)N(CC(=O)N2CCSc3ccccc32)C1=O. The number of urea groups is 1. The fraction of sp³-hybridized carbons (Fsp3) is 0.286. The van der Waals surface area contributed by atoms with Gasteiger partial charge in [0.15, 0.2) is 0 Å². The van der Waals surface area contributed by atoms with E-state index < -0.39 is 11.6 Å². The van der Waals surface area contributed by atoms with Gasteiger partial charge in [0.25, 0.3) is 5.91 Å². The lowest BCUT2D eigenvalue weighted by Gasteiger charge is -2.30. The molecule has 1 atom stereocenters. The summed E-state index contributed by atoms with van der Waals surface area (Å²) in [6.45, 7) is 2.15. The lowest BCUT2D eigenvalue weighted by atomic mass is 9.87. The topological polar surface area (TPSA) is 69.7 Å². The number of nitrogens with one attached hydrogen (secondary N) is 1. The second-order valence-corrected chi connectivity index (χ2v) is 7.94. The Morgan fingerprint density at radius 1 is 1.11 bits per heavy atom. The van der Waals surface area contributed by atoms with Crippen molar-refractivity contribution in [3.8, 4) is 0 Å². The van der Waals surface area contributed by atoms with Gasteiger partial charge in [-0.1, -0.05) is 49.4 Å². The molecule has 28 heavy (non-hydrogen) atoms. The molecule has 0 radical (unpaired) electrons. The molecule has 2 aliphatic rings. The fourth-order valence-electron chi connectivity index (χ4n) is 3.78. The molecule has 6 nitrogen and oxygen atoms in total. The molecule has 0 saturated carbocycles. The highest BCUT2D eigenvalue weighted by Gasteiger charge is 2.51. The summed E-state index contributed by atoms with van der Waals surface area (Å²) in [4.78, 5) is 42.5. The first-order valence-corrected chi connectivity index (χ1v) is 10.3. The highest BCUT2D eigenvalue weighted by Crippen LogP contribution is 2.35. The Morgan fingerprint density at radius 2 is 1.82 bits per heavy atom. The third-order valence-electron chi connectivity index (χ3n) is 5.30. The molecule has 2 aliphatic heterocycles. The standard InChI is InChI=1S/C21H21N3O3S/c1-2-21(15-8-4-3-5-9-15)19(26)24(20(27)22-21)14-18(25)23-12-13-28-17-11-7-6-10-16(17)23/h3-11H,2,12-14H2,1H3,(H,22,27)/t21-/m1/s1. The van der Waals surface area contributed by atoms with Crippen LogP contribution in [0.4, 0.5) is 10.5 Å². The Hall–Kier alpha value is -2.80. The van der Waals surface area contributed by atoms with Crippen LogP contribution < -0.4 is 10.2 Å². The summed E-state index contributed by atoms with van der Waals surface area (Å²) in [6.07, 6.45) is 0.412. The van der Waals surface area contributed by atoms with Crippen molar-refractivity contribution in [1.82, 2.24) is 10.2 Å². The van der Waals surface area contributed by atoms with Gasteiger partial charge in [-0.25, -0.2) is 4.79 Å². The van der Waals surface area contributed by atoms with E-state index >= 15 is 0 Å². The first kappa shape index (κ1) is 18.6. The third-order valence-corrected chi connectivity index (χ3v) is 6.34. The van der Waals surface area contributed by atoms with E-state index in [0.717, 1.165) is 26.8 Å². The van der Waals surface area contributed by atoms with Crippen LogP contribution in [0.25, 0.3) is 0 Å². The molecule has 7 heteroatoms. The zero-order valence-corrected chi connectivity index (χ0v) is 16.4. The number of fused-ring (bicyclic) bond motifs is 1. The van der Waals surface area contributed by atoms with Gasteiger partial charge >= 0.3 is 6.03 Å². The molecule has 0 aliphatic carbocycles. The predicted molar refractivity (Wildman–Crippen MR) is 108 cm³/mol. The first-order valence-electron chi connectivity index (χ1n) is 9.28. The first-order chi connectivity index (χ1) is 13.6. The van der Waals surface area contributed by atoms with E-state index in [1.807, 2.05) is 61.5 Å². The Bertz CT molecular complexity index is 934. The smallest absolute Gasteiger partial charge is 0.319 e. The quantitative estimate of drug-likeness (QED) is 0.808. The zero-order chi connectivity index (χ0) is 19.7. The van der Waals surface area contributed by atoms with Crippen molar-refractivity contribution in [1.29, 1.82) is 0 Å². The van der Waals surface area contributed by atoms with E-state index in [4.69, 9.17) is 0 Å². The number of imide groups is 1. The van der Waals surface area contributed by atoms with Crippen LogP contribution in [0, 0.1) is 0 Å². The summed E-state index contributed by atoms with van der Waals surface area (Å²) in [5.41, 5.74) is 0.444. The van der Waals surface area contributed by atoms with Crippen molar-refractivity contribution in [3.63, 3.8) is 0 Å². The third kappa shape index (κ3) is 2.96. The zero-order valence-electron chi connectivity index (χ0n) is 15.6. The van der Waals surface area contributed by atoms with Crippen molar-refractivity contribution in [2.45, 2.75) is 23.8 Å². The van der Waals surface area contributed by atoms with E-state index in [9.17, 15) is 14.4 Å². The van der Waals surface area contributed by atoms with Gasteiger partial charge in [-0.2, -0.15) is 0 Å². The van der Waals surface area contributed by atoms with Crippen molar-refractivity contribution in [2.24, 2.45) is 0 Å². The number of anilines is 1. The van der Waals surface area contributed by atoms with Crippen molar-refractivity contribution >= 4 is 35.3 Å². The highest BCUT2D eigenvalue weighted by molar-refractivity contribution is 7.99. The van der Waals surface area contributed by atoms with E-state index in [1.165, 1.54) is 0 Å². The molecule has 1 saturated heterocycles. The molecule has 0 unspecified atom stereocenters. The van der Waals surface area contributed by atoms with Gasteiger partial charge in [-0.15, -0.1) is 11.8 Å². The lowest BCUT2D eigenvalue weighted by molar-refractivity contribution is -0.134. The Labute approximate surface area is 167 Å². The number of hydrogen-bond donors (Lipinski definition) is 1. The van der Waals surface area contributed by atoms with Gasteiger partial charge in [0.2, 0.25) is 5.91 Å². The number of thioether (sulfide) groups is 1. The van der Waals surface area contributed by atoms with Crippen molar-refractivity contribution < 1.29 is 14.4 Å². The van der Waals surface area contributed by atoms with E-state index in [0.29, 0.717) is 13.0 Å². The minimum atomic E-state index is -1.12. The average Bonchev–Trinajstić information content (AvgIpc) is 2.99. The van der Waals surface area contributed by atoms with Crippen LogP contribution in [-0.2, 0) is 15.1 Å². The number of rotatable bonds is 4. The van der Waals surface area contributed by atoms with Gasteiger partial charge in [0.1, 0.15) is 12.1 Å². The lowest BCUT2D eigenvalue weighted by Crippen LogP contribution is -2.46. The molecule has 4 amide bonds. The largest absolute Gasteiger partial charge is 0.325 e. The van der Waals surface area contributed by atoms with Crippen LogP contribution in [-0.4, -0.2) is 41.6 Å². The minimum absolute atomic E-state index is 0.254. The number of benzene rings is 2. The van der Waals surface area contributed by atoms with Crippen LogP contribution in [0.2, 0.25) is 0 Å². The van der Waals surface area contributed by atoms with E-state index in [2.05, 4.69) is 5.32 Å². The molecule has 4 rings (SSSR count). The summed E-state index contributed by atoms with van der Waals surface area (Å²) in [5, 5.41) is 2.82. The van der Waals surface area contributed by atoms with Crippen LogP contribution in [0.5, 0.6) is 0 Å². The minimum Gasteiger partial charge on any atom is -0.319 e. The van der Waals surface area contributed by atoms with E-state index in [1.54, 1.807) is 16.7 Å². The number of hydrogen-bond acceptors (Lipinski definition) is 4. The molecular weight excluding hydrogens is 374 g/mol. The van der Waals surface area contributed by atoms with Crippen LogP contribution >= 0.6 is 11.8 Å². The molecule has 144 valence electrons. The number of amides is 4. The van der Waals surface area contributed by atoms with Crippen LogP contribution in [0.3, 0.4) is 0 Å². The second kappa shape index (κ2) is 7.31. The van der Waals surface area contributed by atoms with E-state index in [-0.39, 0.29) is 18.4 Å². The van der Waals surface area contributed by atoms with Crippen molar-refractivity contribution in [2.75, 3.05) is 23.7 Å². The molecule has 2 aromatic rings. The number of nitrogens with zero attached hydrogens (tertiary/aromatic N) is 2. The summed E-state index contributed by atoms with van der Waals surface area (Å²) < 4.78 is 0. The van der Waals surface area contributed by atoms with Gasteiger partial charge in [0, 0.05) is 17.2 Å². The molecule has 0 bridgehead atoms. The maximum absolute atomic E-state index is 13.2. The van der Waals surface area contributed by atoms with Crippen molar-refractivity contribution in [3.05, 3.63) is 60.2 Å². The molecular formula is C21H21N3O3S. The Balaban J connectivity index is 1.58. The molecule has 1 N–H and O–H groups in total. The van der Waals surface area contributed by atoms with Gasteiger partial charge in [-0.3, -0.25) is 14.5 Å². The molecule has 1 fully saturated rings. The maximum Gasteiger partial charge on any atom is 0.325 e. The summed E-state index contributed by atoms with van der Waals surface area (Å²) in [6, 6.07) is 16.4. The fourth-order valence-corrected chi connectivity index (χ4v) is 4.78. The maximum atomic E-state index is 13.2. The van der Waals surface area contributed by atoms with Crippen LogP contribution in [0.15, 0.2) is 59.5 Å². The van der Waals surface area contributed by atoms with Crippen LogP contribution in [0.1, 0.15) is 18.9 Å². The van der Waals surface area contributed by atoms with Gasteiger partial charge in [-0.05, 0) is 24.1 Å². The second-order valence-electron chi connectivity index (χ2n) is 6.81. The molecule has 2 heterocycles. The number of carbonyl (C=O) groups is 3.